The van der Waals surface area contributed by atoms with Crippen molar-refractivity contribution in [3.05, 3.63) is 62.9 Å². The van der Waals surface area contributed by atoms with Crippen LogP contribution in [0.5, 0.6) is 0 Å². The van der Waals surface area contributed by atoms with Gasteiger partial charge in [0.15, 0.2) is 5.82 Å². The van der Waals surface area contributed by atoms with Crippen molar-refractivity contribution < 1.29 is 14.1 Å². The Hall–Kier alpha value is -2.71. The van der Waals surface area contributed by atoms with Crippen molar-refractivity contribution in [1.29, 1.82) is 0 Å². The first-order chi connectivity index (χ1) is 13.0. The standard InChI is InChI=1S/C18H17ClN4O3S/c1-11-4-5-12(19)7-14(11)21-17(25)9-16(24)20-10-18-22-15(23-26-18)8-13-3-2-6-27-13/h2-7H,8-10H2,1H3,(H,20,24)(H,21,25). The minimum absolute atomic E-state index is 0.0692. The molecule has 0 aliphatic carbocycles. The number of rotatable bonds is 7. The average molecular weight is 405 g/mol. The van der Waals surface area contributed by atoms with Crippen LogP contribution in [-0.2, 0) is 22.6 Å². The molecule has 0 aliphatic heterocycles. The van der Waals surface area contributed by atoms with Crippen LogP contribution >= 0.6 is 22.9 Å². The first kappa shape index (κ1) is 19.1. The molecular formula is C18H17ClN4O3S. The fourth-order valence-electron chi connectivity index (χ4n) is 2.31. The lowest BCUT2D eigenvalue weighted by Gasteiger charge is -2.08. The molecule has 0 unspecified atom stereocenters. The van der Waals surface area contributed by atoms with Crippen molar-refractivity contribution in [3.8, 4) is 0 Å². The van der Waals surface area contributed by atoms with Crippen molar-refractivity contribution in [1.82, 2.24) is 15.5 Å². The van der Waals surface area contributed by atoms with E-state index in [9.17, 15) is 9.59 Å². The number of hydrogen-bond acceptors (Lipinski definition) is 6. The highest BCUT2D eigenvalue weighted by molar-refractivity contribution is 7.09. The lowest BCUT2D eigenvalue weighted by Crippen LogP contribution is -2.28. The summed E-state index contributed by atoms with van der Waals surface area (Å²) in [7, 11) is 0. The molecular weight excluding hydrogens is 388 g/mol. The van der Waals surface area contributed by atoms with Crippen LogP contribution in [0.15, 0.2) is 40.2 Å². The lowest BCUT2D eigenvalue weighted by molar-refractivity contribution is -0.127. The van der Waals surface area contributed by atoms with Gasteiger partial charge in [-0.1, -0.05) is 28.9 Å². The fraction of sp³-hybridized carbons (Fsp3) is 0.222. The average Bonchev–Trinajstić information content (AvgIpc) is 3.29. The third-order valence-corrected chi connectivity index (χ3v) is 4.77. The molecule has 0 atom stereocenters. The smallest absolute Gasteiger partial charge is 0.246 e. The topological polar surface area (TPSA) is 97.1 Å². The summed E-state index contributed by atoms with van der Waals surface area (Å²) in [5.74, 6) is -0.0242. The van der Waals surface area contributed by atoms with E-state index >= 15 is 0 Å². The van der Waals surface area contributed by atoms with Gasteiger partial charge in [0.2, 0.25) is 17.7 Å². The Kier molecular flexibility index (Phi) is 6.20. The van der Waals surface area contributed by atoms with Gasteiger partial charge in [-0.15, -0.1) is 11.3 Å². The predicted molar refractivity (Wildman–Crippen MR) is 103 cm³/mol. The molecule has 0 aliphatic rings. The van der Waals surface area contributed by atoms with E-state index in [0.717, 1.165) is 10.4 Å². The lowest BCUT2D eigenvalue weighted by atomic mass is 10.2. The molecule has 0 saturated heterocycles. The number of amides is 2. The zero-order chi connectivity index (χ0) is 19.2. The number of aromatic nitrogens is 2. The van der Waals surface area contributed by atoms with Crippen LogP contribution in [-0.4, -0.2) is 22.0 Å². The maximum atomic E-state index is 12.0. The molecule has 0 spiro atoms. The predicted octanol–water partition coefficient (Wildman–Crippen LogP) is 3.33. The van der Waals surface area contributed by atoms with Gasteiger partial charge in [0, 0.05) is 22.0 Å². The number of anilines is 1. The van der Waals surface area contributed by atoms with Gasteiger partial charge in [-0.05, 0) is 36.1 Å². The van der Waals surface area contributed by atoms with E-state index in [0.29, 0.717) is 28.8 Å². The van der Waals surface area contributed by atoms with Crippen LogP contribution in [0.25, 0.3) is 0 Å². The molecule has 1 aromatic carbocycles. The van der Waals surface area contributed by atoms with Crippen molar-refractivity contribution >= 4 is 40.4 Å². The van der Waals surface area contributed by atoms with E-state index in [-0.39, 0.29) is 13.0 Å². The molecule has 9 heteroatoms. The van der Waals surface area contributed by atoms with E-state index in [4.69, 9.17) is 16.1 Å². The highest BCUT2D eigenvalue weighted by atomic mass is 35.5. The fourth-order valence-corrected chi connectivity index (χ4v) is 3.18. The summed E-state index contributed by atoms with van der Waals surface area (Å²) in [4.78, 5) is 29.3. The van der Waals surface area contributed by atoms with E-state index in [1.807, 2.05) is 24.4 Å². The van der Waals surface area contributed by atoms with Crippen LogP contribution in [0.1, 0.15) is 28.6 Å². The summed E-state index contributed by atoms with van der Waals surface area (Å²) in [6.07, 6.45) is 0.263. The summed E-state index contributed by atoms with van der Waals surface area (Å²) >= 11 is 7.53. The molecule has 140 valence electrons. The molecule has 2 heterocycles. The monoisotopic (exact) mass is 404 g/mol. The Morgan fingerprint density at radius 3 is 2.89 bits per heavy atom. The minimum Gasteiger partial charge on any atom is -0.347 e. The molecule has 2 N–H and O–H groups in total. The highest BCUT2D eigenvalue weighted by Gasteiger charge is 2.13. The number of carbonyl (C=O) groups excluding carboxylic acids is 2. The quantitative estimate of drug-likeness (QED) is 0.588. The van der Waals surface area contributed by atoms with E-state index in [1.54, 1.807) is 29.5 Å². The van der Waals surface area contributed by atoms with Gasteiger partial charge in [-0.3, -0.25) is 9.59 Å². The van der Waals surface area contributed by atoms with Gasteiger partial charge in [-0.25, -0.2) is 0 Å². The SMILES string of the molecule is Cc1ccc(Cl)cc1NC(=O)CC(=O)NCc1nc(Cc2cccs2)no1. The van der Waals surface area contributed by atoms with Crippen molar-refractivity contribution in [2.75, 3.05) is 5.32 Å². The highest BCUT2D eigenvalue weighted by Crippen LogP contribution is 2.20. The number of aryl methyl sites for hydroxylation is 1. The summed E-state index contributed by atoms with van der Waals surface area (Å²) in [5.41, 5.74) is 1.44. The molecule has 3 rings (SSSR count). The number of nitrogens with one attached hydrogen (secondary N) is 2. The van der Waals surface area contributed by atoms with Crippen LogP contribution in [0.4, 0.5) is 5.69 Å². The van der Waals surface area contributed by atoms with Crippen LogP contribution in [0.3, 0.4) is 0 Å². The molecule has 3 aromatic rings. The summed E-state index contributed by atoms with van der Waals surface area (Å²) in [5, 5.41) is 11.6. The van der Waals surface area contributed by atoms with E-state index < -0.39 is 11.8 Å². The van der Waals surface area contributed by atoms with Gasteiger partial charge in [0.05, 0.1) is 6.54 Å². The van der Waals surface area contributed by atoms with Gasteiger partial charge in [0.1, 0.15) is 6.42 Å². The van der Waals surface area contributed by atoms with E-state index in [2.05, 4.69) is 20.8 Å². The van der Waals surface area contributed by atoms with Crippen LogP contribution in [0, 0.1) is 6.92 Å². The number of nitrogens with zero attached hydrogens (tertiary/aromatic N) is 2. The normalized spacial score (nSPS) is 10.6. The summed E-state index contributed by atoms with van der Waals surface area (Å²) in [6, 6.07) is 9.11. The summed E-state index contributed by atoms with van der Waals surface area (Å²) in [6.45, 7) is 1.91. The third-order valence-electron chi connectivity index (χ3n) is 3.65. The zero-order valence-corrected chi connectivity index (χ0v) is 16.1. The number of benzene rings is 1. The second-order valence-corrected chi connectivity index (χ2v) is 7.29. The number of thiophene rings is 1. The van der Waals surface area contributed by atoms with Gasteiger partial charge >= 0.3 is 0 Å². The second-order valence-electron chi connectivity index (χ2n) is 5.82. The molecule has 0 fully saturated rings. The largest absolute Gasteiger partial charge is 0.347 e. The van der Waals surface area contributed by atoms with Crippen molar-refractivity contribution in [3.63, 3.8) is 0 Å². The van der Waals surface area contributed by atoms with Gasteiger partial charge < -0.3 is 15.2 Å². The summed E-state index contributed by atoms with van der Waals surface area (Å²) < 4.78 is 5.11. The Morgan fingerprint density at radius 2 is 2.11 bits per heavy atom. The molecule has 0 radical (unpaired) electrons. The number of carbonyl (C=O) groups is 2. The zero-order valence-electron chi connectivity index (χ0n) is 14.5. The Bertz CT molecular complexity index is 940. The minimum atomic E-state index is -0.440. The molecule has 2 aromatic heterocycles. The maximum absolute atomic E-state index is 12.0. The Morgan fingerprint density at radius 1 is 1.26 bits per heavy atom. The first-order valence-corrected chi connectivity index (χ1v) is 9.42. The first-order valence-electron chi connectivity index (χ1n) is 8.16. The van der Waals surface area contributed by atoms with Gasteiger partial charge in [0.25, 0.3) is 0 Å². The van der Waals surface area contributed by atoms with E-state index in [1.165, 1.54) is 0 Å². The molecule has 0 saturated carbocycles. The second kappa shape index (κ2) is 8.79. The maximum Gasteiger partial charge on any atom is 0.246 e. The molecule has 0 bridgehead atoms. The van der Waals surface area contributed by atoms with Crippen LogP contribution < -0.4 is 10.6 Å². The molecule has 7 nitrogen and oxygen atoms in total. The van der Waals surface area contributed by atoms with Crippen molar-refractivity contribution in [2.45, 2.75) is 26.3 Å². The third kappa shape index (κ3) is 5.63. The molecule has 27 heavy (non-hydrogen) atoms. The van der Waals surface area contributed by atoms with Crippen LogP contribution in [0.2, 0.25) is 5.02 Å². The van der Waals surface area contributed by atoms with Crippen molar-refractivity contribution in [2.24, 2.45) is 0 Å². The Labute approximate surface area is 164 Å². The molecule has 2 amide bonds. The Balaban J connectivity index is 1.46. The number of halogens is 1. The number of hydrogen-bond donors (Lipinski definition) is 2. The van der Waals surface area contributed by atoms with Gasteiger partial charge in [-0.2, -0.15) is 4.98 Å².